The third-order valence-corrected chi connectivity index (χ3v) is 3.88. The fourth-order valence-corrected chi connectivity index (χ4v) is 2.46. The van der Waals surface area contributed by atoms with Gasteiger partial charge in [-0.15, -0.1) is 0 Å². The molecule has 1 fully saturated rings. The molecule has 4 N–H and O–H groups in total. The molecule has 0 saturated carbocycles. The van der Waals surface area contributed by atoms with E-state index in [2.05, 4.69) is 6.92 Å². The summed E-state index contributed by atoms with van der Waals surface area (Å²) >= 11 is 0. The molecule has 0 aromatic rings. The third-order valence-electron chi connectivity index (χ3n) is 3.88. The second kappa shape index (κ2) is 10.5. The van der Waals surface area contributed by atoms with E-state index < -0.39 is 37.3 Å². The summed E-state index contributed by atoms with van der Waals surface area (Å²) in [5.74, 6) is 0. The Hall–Kier alpha value is -0.240. The zero-order valence-corrected chi connectivity index (χ0v) is 12.9. The molecule has 0 bridgehead atoms. The lowest BCUT2D eigenvalue weighted by atomic mass is 9.99. The van der Waals surface area contributed by atoms with E-state index in [0.717, 1.165) is 19.3 Å². The molecule has 0 unspecified atom stereocenters. The van der Waals surface area contributed by atoms with Crippen LogP contribution in [-0.4, -0.2) is 64.3 Å². The first-order chi connectivity index (χ1) is 10.1. The number of hydrogen-bond acceptors (Lipinski definition) is 6. The van der Waals surface area contributed by atoms with Gasteiger partial charge in [-0.25, -0.2) is 0 Å². The highest BCUT2D eigenvalue weighted by Gasteiger charge is 2.43. The standard InChI is InChI=1S/C15H30O6/c1-2-3-4-5-6-7-8-9-20-15-14(19)13(18)12(17)11(10-16)21-15/h11-19H,2-10H2,1H3/t11-,12-,13-,14+,15+/m1/s1. The first-order valence-electron chi connectivity index (χ1n) is 8.04. The first kappa shape index (κ1) is 18.8. The van der Waals surface area contributed by atoms with Crippen LogP contribution in [0.15, 0.2) is 0 Å². The van der Waals surface area contributed by atoms with E-state index in [9.17, 15) is 15.3 Å². The van der Waals surface area contributed by atoms with Crippen molar-refractivity contribution in [1.29, 1.82) is 0 Å². The van der Waals surface area contributed by atoms with E-state index in [-0.39, 0.29) is 0 Å². The van der Waals surface area contributed by atoms with Gasteiger partial charge in [0.1, 0.15) is 24.4 Å². The highest BCUT2D eigenvalue weighted by Crippen LogP contribution is 2.22. The molecule has 0 amide bonds. The van der Waals surface area contributed by atoms with E-state index in [1.807, 2.05) is 0 Å². The average molecular weight is 306 g/mol. The number of ether oxygens (including phenoxy) is 2. The fraction of sp³-hybridized carbons (Fsp3) is 1.00. The minimum atomic E-state index is -1.37. The second-order valence-electron chi connectivity index (χ2n) is 5.69. The molecule has 126 valence electrons. The summed E-state index contributed by atoms with van der Waals surface area (Å²) in [4.78, 5) is 0. The van der Waals surface area contributed by atoms with E-state index in [1.165, 1.54) is 25.7 Å². The molecular formula is C15H30O6. The van der Waals surface area contributed by atoms with E-state index in [4.69, 9.17) is 14.6 Å². The zero-order valence-electron chi connectivity index (χ0n) is 12.9. The Balaban J connectivity index is 2.16. The molecule has 6 heteroatoms. The van der Waals surface area contributed by atoms with Crippen LogP contribution < -0.4 is 0 Å². The van der Waals surface area contributed by atoms with Gasteiger partial charge in [-0.1, -0.05) is 45.4 Å². The van der Waals surface area contributed by atoms with Gasteiger partial charge >= 0.3 is 0 Å². The van der Waals surface area contributed by atoms with Gasteiger partial charge in [-0.2, -0.15) is 0 Å². The topological polar surface area (TPSA) is 99.4 Å². The van der Waals surface area contributed by atoms with Crippen LogP contribution in [0.25, 0.3) is 0 Å². The molecule has 0 aromatic heterocycles. The first-order valence-corrected chi connectivity index (χ1v) is 8.04. The van der Waals surface area contributed by atoms with Gasteiger partial charge in [0, 0.05) is 6.61 Å². The lowest BCUT2D eigenvalue weighted by molar-refractivity contribution is -0.301. The van der Waals surface area contributed by atoms with Gasteiger partial charge in [0.25, 0.3) is 0 Å². The van der Waals surface area contributed by atoms with Gasteiger partial charge < -0.3 is 29.9 Å². The Morgan fingerprint density at radius 2 is 1.48 bits per heavy atom. The Labute approximate surface area is 126 Å². The Bertz CT molecular complexity index is 261. The zero-order chi connectivity index (χ0) is 15.7. The van der Waals surface area contributed by atoms with Crippen LogP contribution >= 0.6 is 0 Å². The van der Waals surface area contributed by atoms with E-state index >= 15 is 0 Å². The molecule has 1 aliphatic rings. The number of aliphatic hydroxyl groups is 4. The molecule has 0 radical (unpaired) electrons. The molecule has 21 heavy (non-hydrogen) atoms. The smallest absolute Gasteiger partial charge is 0.186 e. The Kier molecular flexibility index (Phi) is 9.39. The molecular weight excluding hydrogens is 276 g/mol. The molecule has 0 aliphatic carbocycles. The molecule has 1 heterocycles. The Morgan fingerprint density at radius 3 is 2.10 bits per heavy atom. The third kappa shape index (κ3) is 6.18. The van der Waals surface area contributed by atoms with Crippen LogP contribution in [0.1, 0.15) is 51.9 Å². The molecule has 1 aliphatic heterocycles. The van der Waals surface area contributed by atoms with Crippen molar-refractivity contribution >= 4 is 0 Å². The lowest BCUT2D eigenvalue weighted by Gasteiger charge is -2.39. The summed E-state index contributed by atoms with van der Waals surface area (Å²) < 4.78 is 10.7. The van der Waals surface area contributed by atoms with Gasteiger partial charge in [-0.3, -0.25) is 0 Å². The summed E-state index contributed by atoms with van der Waals surface area (Å²) in [6.07, 6.45) is 2.20. The van der Waals surface area contributed by atoms with Crippen LogP contribution in [0, 0.1) is 0 Å². The van der Waals surface area contributed by atoms with Crippen LogP contribution in [0.5, 0.6) is 0 Å². The predicted octanol–water partition coefficient (Wildman–Crippen LogP) is 0.553. The minimum Gasteiger partial charge on any atom is -0.394 e. The van der Waals surface area contributed by atoms with Crippen molar-refractivity contribution in [3.05, 3.63) is 0 Å². The number of hydrogen-bond donors (Lipinski definition) is 4. The molecule has 0 spiro atoms. The largest absolute Gasteiger partial charge is 0.394 e. The van der Waals surface area contributed by atoms with E-state index in [1.54, 1.807) is 0 Å². The van der Waals surface area contributed by atoms with Crippen LogP contribution in [-0.2, 0) is 9.47 Å². The van der Waals surface area contributed by atoms with Crippen molar-refractivity contribution in [2.24, 2.45) is 0 Å². The van der Waals surface area contributed by atoms with Crippen molar-refractivity contribution < 1.29 is 29.9 Å². The number of unbranched alkanes of at least 4 members (excludes halogenated alkanes) is 6. The molecule has 0 aromatic carbocycles. The molecule has 1 rings (SSSR count). The lowest BCUT2D eigenvalue weighted by Crippen LogP contribution is -2.59. The summed E-state index contributed by atoms with van der Waals surface area (Å²) in [6, 6.07) is 0. The number of rotatable bonds is 10. The van der Waals surface area contributed by atoms with Gasteiger partial charge in [-0.05, 0) is 6.42 Å². The molecule has 6 nitrogen and oxygen atoms in total. The molecule has 1 saturated heterocycles. The van der Waals surface area contributed by atoms with Crippen molar-refractivity contribution in [3.8, 4) is 0 Å². The maximum absolute atomic E-state index is 9.78. The molecule has 5 atom stereocenters. The Morgan fingerprint density at radius 1 is 0.857 bits per heavy atom. The quantitative estimate of drug-likeness (QED) is 0.440. The highest BCUT2D eigenvalue weighted by molar-refractivity contribution is 4.88. The van der Waals surface area contributed by atoms with Crippen molar-refractivity contribution in [1.82, 2.24) is 0 Å². The van der Waals surface area contributed by atoms with Gasteiger partial charge in [0.15, 0.2) is 6.29 Å². The van der Waals surface area contributed by atoms with E-state index in [0.29, 0.717) is 6.61 Å². The minimum absolute atomic E-state index is 0.427. The second-order valence-corrected chi connectivity index (χ2v) is 5.69. The number of aliphatic hydroxyl groups excluding tert-OH is 4. The summed E-state index contributed by atoms with van der Waals surface area (Å²) in [5, 5.41) is 38.1. The highest BCUT2D eigenvalue weighted by atomic mass is 16.7. The maximum Gasteiger partial charge on any atom is 0.186 e. The average Bonchev–Trinajstić information content (AvgIpc) is 2.49. The van der Waals surface area contributed by atoms with Crippen molar-refractivity contribution in [2.45, 2.75) is 82.6 Å². The SMILES string of the molecule is CCCCCCCCCO[C@H]1O[C@H](CO)[C@@H](O)[C@@H](O)[C@@H]1O. The van der Waals surface area contributed by atoms with Crippen molar-refractivity contribution in [2.75, 3.05) is 13.2 Å². The van der Waals surface area contributed by atoms with Crippen LogP contribution in [0.2, 0.25) is 0 Å². The summed E-state index contributed by atoms with van der Waals surface area (Å²) in [7, 11) is 0. The van der Waals surface area contributed by atoms with Gasteiger partial charge in [0.05, 0.1) is 6.61 Å². The summed E-state index contributed by atoms with van der Waals surface area (Å²) in [6.45, 7) is 2.19. The monoisotopic (exact) mass is 306 g/mol. The van der Waals surface area contributed by atoms with Crippen LogP contribution in [0.4, 0.5) is 0 Å². The maximum atomic E-state index is 9.78. The summed E-state index contributed by atoms with van der Waals surface area (Å²) in [5.41, 5.74) is 0. The fourth-order valence-electron chi connectivity index (χ4n) is 2.46. The van der Waals surface area contributed by atoms with Crippen LogP contribution in [0.3, 0.4) is 0 Å². The van der Waals surface area contributed by atoms with Crippen molar-refractivity contribution in [3.63, 3.8) is 0 Å². The normalized spacial score (nSPS) is 33.3. The predicted molar refractivity (Wildman–Crippen MR) is 77.7 cm³/mol. The van der Waals surface area contributed by atoms with Gasteiger partial charge in [0.2, 0.25) is 0 Å².